The molecule has 9 nitrogen and oxygen atoms in total. The maximum atomic E-state index is 13.0. The maximum absolute atomic E-state index is 13.0. The highest BCUT2D eigenvalue weighted by Gasteiger charge is 2.41. The SMILES string of the molecule is Cc1c(-c2c(C(C)C)c3cc(C4=CC5CCC(C4)N5C(=O)OC(C)(C)C)ccc3n2C(=O)O)cn2ncnc2c1C. The zero-order valence-electron chi connectivity index (χ0n) is 24.7. The first-order valence-corrected chi connectivity index (χ1v) is 14.3. The van der Waals surface area contributed by atoms with E-state index in [-0.39, 0.29) is 24.1 Å². The third-order valence-corrected chi connectivity index (χ3v) is 8.53. The van der Waals surface area contributed by atoms with Crippen LogP contribution in [0.5, 0.6) is 0 Å². The fraction of sp³-hybridized carbons (Fsp3) is 0.438. The van der Waals surface area contributed by atoms with Crippen molar-refractivity contribution in [3.63, 3.8) is 0 Å². The van der Waals surface area contributed by atoms with E-state index in [0.29, 0.717) is 11.2 Å². The number of hydrogen-bond donors (Lipinski definition) is 1. The molecule has 9 heteroatoms. The van der Waals surface area contributed by atoms with Gasteiger partial charge in [-0.05, 0) is 99.8 Å². The van der Waals surface area contributed by atoms with Gasteiger partial charge in [-0.25, -0.2) is 23.7 Å². The molecule has 0 saturated carbocycles. The maximum Gasteiger partial charge on any atom is 0.416 e. The lowest BCUT2D eigenvalue weighted by atomic mass is 9.91. The van der Waals surface area contributed by atoms with Gasteiger partial charge < -0.3 is 9.84 Å². The van der Waals surface area contributed by atoms with Gasteiger partial charge in [0.25, 0.3) is 0 Å². The summed E-state index contributed by atoms with van der Waals surface area (Å²) in [6, 6.07) is 6.17. The van der Waals surface area contributed by atoms with E-state index in [1.807, 2.05) is 57.8 Å². The molecule has 1 fully saturated rings. The molecule has 1 N–H and O–H groups in total. The van der Waals surface area contributed by atoms with E-state index in [1.165, 1.54) is 16.5 Å². The Bertz CT molecular complexity index is 1750. The number of carbonyl (C=O) groups is 2. The van der Waals surface area contributed by atoms with Crippen molar-refractivity contribution >= 4 is 34.3 Å². The third kappa shape index (κ3) is 4.38. The topological polar surface area (TPSA) is 102 Å². The van der Waals surface area contributed by atoms with E-state index in [4.69, 9.17) is 4.74 Å². The second-order valence-electron chi connectivity index (χ2n) is 12.7. The standard InChI is InChI=1S/C32H37N5O4/c1-17(2)27-24-14-20(21-12-22-9-10-23(13-21)36(22)31(40)41-32(5,6)7)8-11-26(24)37(30(38)39)28(27)25-15-35-29(33-16-34-35)19(4)18(25)3/h8,11-12,14-17,22-23H,9-10,13H2,1-7H3,(H,38,39). The number of hydrogen-bond acceptors (Lipinski definition) is 5. The largest absolute Gasteiger partial charge is 0.464 e. The Hall–Kier alpha value is -4.14. The predicted octanol–water partition coefficient (Wildman–Crippen LogP) is 7.17. The molecule has 0 spiro atoms. The van der Waals surface area contributed by atoms with Gasteiger partial charge in [0.1, 0.15) is 11.9 Å². The first-order valence-electron chi connectivity index (χ1n) is 14.3. The number of pyridine rings is 1. The van der Waals surface area contributed by atoms with Crippen LogP contribution in [0.1, 0.15) is 82.1 Å². The molecule has 2 atom stereocenters. The van der Waals surface area contributed by atoms with E-state index >= 15 is 0 Å². The van der Waals surface area contributed by atoms with Crippen LogP contribution in [-0.4, -0.2) is 59.0 Å². The van der Waals surface area contributed by atoms with Crippen LogP contribution in [-0.2, 0) is 4.74 Å². The molecule has 1 saturated heterocycles. The van der Waals surface area contributed by atoms with Gasteiger partial charge in [0.15, 0.2) is 5.65 Å². The van der Waals surface area contributed by atoms with Gasteiger partial charge >= 0.3 is 12.2 Å². The van der Waals surface area contributed by atoms with Crippen molar-refractivity contribution in [3.8, 4) is 11.3 Å². The number of aromatic nitrogens is 4. The highest BCUT2D eigenvalue weighted by molar-refractivity contribution is 6.01. The van der Waals surface area contributed by atoms with Gasteiger partial charge in [-0.1, -0.05) is 26.0 Å². The quantitative estimate of drug-likeness (QED) is 0.287. The highest BCUT2D eigenvalue weighted by atomic mass is 16.6. The van der Waals surface area contributed by atoms with E-state index in [2.05, 4.69) is 36.1 Å². The molecule has 5 heterocycles. The number of aryl methyl sites for hydroxylation is 1. The molecule has 6 rings (SSSR count). The Morgan fingerprint density at radius 2 is 1.88 bits per heavy atom. The number of nitrogens with zero attached hydrogens (tertiary/aromatic N) is 5. The molecule has 0 aliphatic carbocycles. The lowest BCUT2D eigenvalue weighted by Crippen LogP contribution is -2.45. The predicted molar refractivity (Wildman–Crippen MR) is 158 cm³/mol. The zero-order chi connectivity index (χ0) is 29.4. The molecule has 41 heavy (non-hydrogen) atoms. The van der Waals surface area contributed by atoms with Crippen molar-refractivity contribution in [2.24, 2.45) is 0 Å². The molecule has 3 aromatic heterocycles. The minimum absolute atomic E-state index is 0.00178. The van der Waals surface area contributed by atoms with Gasteiger partial charge in [-0.15, -0.1) is 0 Å². The van der Waals surface area contributed by atoms with E-state index < -0.39 is 11.7 Å². The number of carboxylic acid groups (broad SMARTS) is 1. The van der Waals surface area contributed by atoms with Crippen LogP contribution in [0.25, 0.3) is 33.4 Å². The minimum Gasteiger partial charge on any atom is -0.464 e. The summed E-state index contributed by atoms with van der Waals surface area (Å²) in [5.74, 6) is 0.0636. The van der Waals surface area contributed by atoms with Crippen LogP contribution in [0.3, 0.4) is 0 Å². The summed E-state index contributed by atoms with van der Waals surface area (Å²) in [4.78, 5) is 32.1. The molecule has 1 aromatic carbocycles. The Morgan fingerprint density at radius 1 is 1.12 bits per heavy atom. The lowest BCUT2D eigenvalue weighted by Gasteiger charge is -2.35. The Kier molecular flexibility index (Phi) is 6.24. The van der Waals surface area contributed by atoms with Crippen LogP contribution in [0, 0.1) is 13.8 Å². The lowest BCUT2D eigenvalue weighted by molar-refractivity contribution is 0.0175. The number of ether oxygens (including phenoxy) is 1. The number of benzene rings is 1. The van der Waals surface area contributed by atoms with Crippen molar-refractivity contribution in [1.29, 1.82) is 0 Å². The molecule has 2 bridgehead atoms. The number of fused-ring (bicyclic) bond motifs is 4. The molecule has 2 unspecified atom stereocenters. The fourth-order valence-corrected chi connectivity index (χ4v) is 6.65. The van der Waals surface area contributed by atoms with Crippen molar-refractivity contribution in [2.45, 2.75) is 91.3 Å². The summed E-state index contributed by atoms with van der Waals surface area (Å²) in [5, 5.41) is 15.8. The van der Waals surface area contributed by atoms with Crippen LogP contribution in [0.2, 0.25) is 0 Å². The Morgan fingerprint density at radius 3 is 2.54 bits per heavy atom. The summed E-state index contributed by atoms with van der Waals surface area (Å²) in [5.41, 5.74) is 7.57. The average molecular weight is 556 g/mol. The molecule has 2 aliphatic heterocycles. The third-order valence-electron chi connectivity index (χ3n) is 8.53. The van der Waals surface area contributed by atoms with Crippen molar-refractivity contribution in [1.82, 2.24) is 24.1 Å². The summed E-state index contributed by atoms with van der Waals surface area (Å²) in [7, 11) is 0. The molecular formula is C32H37N5O4. The van der Waals surface area contributed by atoms with Crippen LogP contribution >= 0.6 is 0 Å². The highest BCUT2D eigenvalue weighted by Crippen LogP contribution is 2.44. The number of amides is 1. The van der Waals surface area contributed by atoms with Gasteiger partial charge in [0, 0.05) is 23.2 Å². The molecule has 2 aliphatic rings. The van der Waals surface area contributed by atoms with Gasteiger partial charge in [0.05, 0.1) is 17.3 Å². The monoisotopic (exact) mass is 555 g/mol. The minimum atomic E-state index is -1.02. The fourth-order valence-electron chi connectivity index (χ4n) is 6.65. The van der Waals surface area contributed by atoms with E-state index in [0.717, 1.165) is 58.1 Å². The molecule has 1 amide bonds. The molecule has 0 radical (unpaired) electrons. The average Bonchev–Trinajstić information content (AvgIpc) is 3.56. The molecule has 4 aromatic rings. The summed E-state index contributed by atoms with van der Waals surface area (Å²) >= 11 is 0. The number of carbonyl (C=O) groups excluding carboxylic acids is 1. The Labute approximate surface area is 239 Å². The van der Waals surface area contributed by atoms with Gasteiger partial charge in [-0.2, -0.15) is 5.10 Å². The van der Waals surface area contributed by atoms with E-state index in [1.54, 1.807) is 4.52 Å². The number of rotatable bonds is 3. The summed E-state index contributed by atoms with van der Waals surface area (Å²) in [6.45, 7) is 13.9. The van der Waals surface area contributed by atoms with E-state index in [9.17, 15) is 14.7 Å². The van der Waals surface area contributed by atoms with Crippen LogP contribution < -0.4 is 0 Å². The van der Waals surface area contributed by atoms with Gasteiger partial charge in [-0.3, -0.25) is 4.90 Å². The van der Waals surface area contributed by atoms with Crippen LogP contribution in [0.4, 0.5) is 9.59 Å². The first kappa shape index (κ1) is 27.1. The second kappa shape index (κ2) is 9.46. The second-order valence-corrected chi connectivity index (χ2v) is 12.7. The van der Waals surface area contributed by atoms with Crippen molar-refractivity contribution in [3.05, 3.63) is 59.1 Å². The summed E-state index contributed by atoms with van der Waals surface area (Å²) < 4.78 is 8.85. The zero-order valence-corrected chi connectivity index (χ0v) is 24.7. The van der Waals surface area contributed by atoms with Crippen LogP contribution in [0.15, 0.2) is 36.8 Å². The smallest absolute Gasteiger partial charge is 0.416 e. The normalized spacial score (nSPS) is 18.9. The summed E-state index contributed by atoms with van der Waals surface area (Å²) in [6.07, 6.45) is 6.92. The Balaban J connectivity index is 1.50. The molecular weight excluding hydrogens is 518 g/mol. The first-order chi connectivity index (χ1) is 19.4. The van der Waals surface area contributed by atoms with Gasteiger partial charge in [0.2, 0.25) is 0 Å². The molecule has 214 valence electrons. The van der Waals surface area contributed by atoms with Crippen molar-refractivity contribution in [2.75, 3.05) is 0 Å². The van der Waals surface area contributed by atoms with Crippen molar-refractivity contribution < 1.29 is 19.4 Å².